The maximum atomic E-state index is 11.5. The Morgan fingerprint density at radius 3 is 2.31 bits per heavy atom. The van der Waals surface area contributed by atoms with E-state index in [1.54, 1.807) is 0 Å². The van der Waals surface area contributed by atoms with Crippen LogP contribution >= 0.6 is 0 Å². The highest BCUT2D eigenvalue weighted by atomic mass is 16.6. The molecule has 0 aromatic carbocycles. The molecule has 1 rings (SSSR count). The van der Waals surface area contributed by atoms with E-state index in [2.05, 4.69) is 0 Å². The summed E-state index contributed by atoms with van der Waals surface area (Å²) in [4.78, 5) is 11.5. The standard InChI is InChI=1S/C13H24O3/c1-13(2,3)16-12(15)9-6-10-4-7-11(14)8-5-10/h10-11,14H,4-9H2,1-3H3. The molecule has 0 atom stereocenters. The normalized spacial score (nSPS) is 26.5. The van der Waals surface area contributed by atoms with Crippen molar-refractivity contribution in [2.75, 3.05) is 0 Å². The Balaban J connectivity index is 2.17. The number of rotatable bonds is 3. The van der Waals surface area contributed by atoms with Gasteiger partial charge in [-0.25, -0.2) is 0 Å². The molecule has 0 amide bonds. The predicted octanol–water partition coefficient (Wildman–Crippen LogP) is 2.66. The van der Waals surface area contributed by atoms with Gasteiger partial charge >= 0.3 is 5.97 Å². The van der Waals surface area contributed by atoms with Gasteiger partial charge in [0.2, 0.25) is 0 Å². The maximum absolute atomic E-state index is 11.5. The van der Waals surface area contributed by atoms with E-state index < -0.39 is 0 Å². The second-order valence-corrected chi connectivity index (χ2v) is 5.80. The van der Waals surface area contributed by atoms with Crippen LogP contribution in [0.3, 0.4) is 0 Å². The van der Waals surface area contributed by atoms with Crippen molar-refractivity contribution in [3.05, 3.63) is 0 Å². The van der Waals surface area contributed by atoms with Crippen LogP contribution in [0.5, 0.6) is 0 Å². The summed E-state index contributed by atoms with van der Waals surface area (Å²) in [6, 6.07) is 0. The Morgan fingerprint density at radius 2 is 1.81 bits per heavy atom. The van der Waals surface area contributed by atoms with Gasteiger partial charge in [-0.3, -0.25) is 4.79 Å². The second kappa shape index (κ2) is 5.67. The molecule has 0 bridgehead atoms. The number of esters is 1. The molecule has 1 N–H and O–H groups in total. The SMILES string of the molecule is CC(C)(C)OC(=O)CCC1CCC(O)CC1. The maximum Gasteiger partial charge on any atom is 0.306 e. The van der Waals surface area contributed by atoms with Gasteiger partial charge in [0.25, 0.3) is 0 Å². The summed E-state index contributed by atoms with van der Waals surface area (Å²) in [5, 5.41) is 9.37. The van der Waals surface area contributed by atoms with Crippen molar-refractivity contribution in [3.63, 3.8) is 0 Å². The number of aliphatic hydroxyl groups excluding tert-OH is 1. The van der Waals surface area contributed by atoms with Crippen molar-refractivity contribution >= 4 is 5.97 Å². The average Bonchev–Trinajstić information content (AvgIpc) is 2.14. The monoisotopic (exact) mass is 228 g/mol. The van der Waals surface area contributed by atoms with Crippen LogP contribution in [-0.2, 0) is 9.53 Å². The first-order valence-corrected chi connectivity index (χ1v) is 6.27. The van der Waals surface area contributed by atoms with Crippen LogP contribution in [0.1, 0.15) is 59.3 Å². The van der Waals surface area contributed by atoms with Crippen molar-refractivity contribution in [3.8, 4) is 0 Å². The summed E-state index contributed by atoms with van der Waals surface area (Å²) in [5.74, 6) is 0.495. The predicted molar refractivity (Wildman–Crippen MR) is 63.0 cm³/mol. The summed E-state index contributed by atoms with van der Waals surface area (Å²) in [7, 11) is 0. The van der Waals surface area contributed by atoms with Gasteiger partial charge in [-0.1, -0.05) is 0 Å². The van der Waals surface area contributed by atoms with Gasteiger partial charge in [0.15, 0.2) is 0 Å². The van der Waals surface area contributed by atoms with Crippen molar-refractivity contribution in [2.45, 2.75) is 71.0 Å². The van der Waals surface area contributed by atoms with E-state index in [1.807, 2.05) is 20.8 Å². The van der Waals surface area contributed by atoms with Crippen molar-refractivity contribution in [1.82, 2.24) is 0 Å². The third-order valence-electron chi connectivity index (χ3n) is 2.99. The van der Waals surface area contributed by atoms with E-state index in [0.29, 0.717) is 12.3 Å². The van der Waals surface area contributed by atoms with Gasteiger partial charge < -0.3 is 9.84 Å². The quantitative estimate of drug-likeness (QED) is 0.755. The molecule has 1 fully saturated rings. The molecule has 1 aliphatic rings. The zero-order valence-electron chi connectivity index (χ0n) is 10.7. The lowest BCUT2D eigenvalue weighted by molar-refractivity contribution is -0.155. The lowest BCUT2D eigenvalue weighted by Gasteiger charge is -2.25. The molecule has 1 aliphatic carbocycles. The minimum atomic E-state index is -0.375. The van der Waals surface area contributed by atoms with E-state index in [9.17, 15) is 9.90 Å². The van der Waals surface area contributed by atoms with Crippen LogP contribution in [0.2, 0.25) is 0 Å². The minimum absolute atomic E-state index is 0.0985. The largest absolute Gasteiger partial charge is 0.460 e. The van der Waals surface area contributed by atoms with Gasteiger partial charge in [-0.15, -0.1) is 0 Å². The van der Waals surface area contributed by atoms with Gasteiger partial charge in [-0.2, -0.15) is 0 Å². The Labute approximate surface area is 98.2 Å². The molecule has 3 heteroatoms. The molecule has 0 spiro atoms. The third-order valence-corrected chi connectivity index (χ3v) is 2.99. The highest BCUT2D eigenvalue weighted by Gasteiger charge is 2.21. The number of aliphatic hydroxyl groups is 1. The van der Waals surface area contributed by atoms with E-state index >= 15 is 0 Å². The van der Waals surface area contributed by atoms with Crippen LogP contribution in [0.4, 0.5) is 0 Å². The fraction of sp³-hybridized carbons (Fsp3) is 0.923. The lowest BCUT2D eigenvalue weighted by atomic mass is 9.85. The molecule has 16 heavy (non-hydrogen) atoms. The Kier molecular flexibility index (Phi) is 4.78. The Morgan fingerprint density at radius 1 is 1.25 bits per heavy atom. The molecule has 0 saturated heterocycles. The topological polar surface area (TPSA) is 46.5 Å². The van der Waals surface area contributed by atoms with E-state index in [-0.39, 0.29) is 17.7 Å². The number of hydrogen-bond donors (Lipinski definition) is 1. The van der Waals surface area contributed by atoms with Gasteiger partial charge in [0, 0.05) is 6.42 Å². The van der Waals surface area contributed by atoms with Gasteiger partial charge in [-0.05, 0) is 58.8 Å². The van der Waals surface area contributed by atoms with E-state index in [0.717, 1.165) is 32.1 Å². The van der Waals surface area contributed by atoms with Crippen LogP contribution in [0, 0.1) is 5.92 Å². The Bertz CT molecular complexity index is 222. The molecule has 0 aromatic rings. The number of carbonyl (C=O) groups excluding carboxylic acids is 1. The third kappa shape index (κ3) is 5.50. The van der Waals surface area contributed by atoms with Crippen molar-refractivity contribution in [1.29, 1.82) is 0 Å². The van der Waals surface area contributed by atoms with Gasteiger partial charge in [0.1, 0.15) is 5.60 Å². The molecule has 0 heterocycles. The van der Waals surface area contributed by atoms with Crippen LogP contribution in [0.25, 0.3) is 0 Å². The molecule has 0 aromatic heterocycles. The molecule has 0 unspecified atom stereocenters. The number of carbonyl (C=O) groups is 1. The van der Waals surface area contributed by atoms with Crippen LogP contribution in [0.15, 0.2) is 0 Å². The first-order chi connectivity index (χ1) is 7.37. The fourth-order valence-corrected chi connectivity index (χ4v) is 2.15. The van der Waals surface area contributed by atoms with E-state index in [1.165, 1.54) is 0 Å². The van der Waals surface area contributed by atoms with Crippen molar-refractivity contribution in [2.24, 2.45) is 5.92 Å². The highest BCUT2D eigenvalue weighted by molar-refractivity contribution is 5.69. The number of ether oxygens (including phenoxy) is 1. The summed E-state index contributed by atoms with van der Waals surface area (Å²) < 4.78 is 5.26. The molecule has 1 saturated carbocycles. The van der Waals surface area contributed by atoms with Crippen molar-refractivity contribution < 1.29 is 14.6 Å². The minimum Gasteiger partial charge on any atom is -0.460 e. The Hall–Kier alpha value is -0.570. The lowest BCUT2D eigenvalue weighted by Crippen LogP contribution is -2.25. The fourth-order valence-electron chi connectivity index (χ4n) is 2.15. The average molecular weight is 228 g/mol. The smallest absolute Gasteiger partial charge is 0.306 e. The summed E-state index contributed by atoms with van der Waals surface area (Å²) in [5.41, 5.74) is -0.375. The molecule has 3 nitrogen and oxygen atoms in total. The summed E-state index contributed by atoms with van der Waals surface area (Å²) in [6.45, 7) is 5.67. The van der Waals surface area contributed by atoms with Gasteiger partial charge in [0.05, 0.1) is 6.10 Å². The summed E-state index contributed by atoms with van der Waals surface area (Å²) >= 11 is 0. The number of hydrogen-bond acceptors (Lipinski definition) is 3. The molecular weight excluding hydrogens is 204 g/mol. The molecule has 0 radical (unpaired) electrons. The first kappa shape index (κ1) is 13.5. The second-order valence-electron chi connectivity index (χ2n) is 5.80. The summed E-state index contributed by atoms with van der Waals surface area (Å²) in [6.07, 6.45) is 5.17. The van der Waals surface area contributed by atoms with Crippen LogP contribution in [-0.4, -0.2) is 22.8 Å². The van der Waals surface area contributed by atoms with Crippen LogP contribution < -0.4 is 0 Å². The molecular formula is C13H24O3. The zero-order valence-corrected chi connectivity index (χ0v) is 10.7. The zero-order chi connectivity index (χ0) is 12.2. The first-order valence-electron chi connectivity index (χ1n) is 6.27. The molecule has 0 aliphatic heterocycles. The van der Waals surface area contributed by atoms with E-state index in [4.69, 9.17) is 4.74 Å². The highest BCUT2D eigenvalue weighted by Crippen LogP contribution is 2.28. The molecule has 94 valence electrons.